The molecule has 0 aromatic heterocycles. The molecule has 0 aromatic rings. The van der Waals surface area contributed by atoms with Gasteiger partial charge in [0.15, 0.2) is 0 Å². The third-order valence-electron chi connectivity index (χ3n) is 4.59. The van der Waals surface area contributed by atoms with Crippen LogP contribution < -0.4 is 5.73 Å². The molecule has 0 aliphatic heterocycles. The van der Waals surface area contributed by atoms with Crippen LogP contribution in [0, 0.1) is 5.92 Å². The van der Waals surface area contributed by atoms with Gasteiger partial charge in [0.1, 0.15) is 0 Å². The molecule has 2 atom stereocenters. The highest BCUT2D eigenvalue weighted by atomic mass is 16.3. The van der Waals surface area contributed by atoms with Crippen molar-refractivity contribution in [3.8, 4) is 0 Å². The summed E-state index contributed by atoms with van der Waals surface area (Å²) in [6.07, 6.45) is 17.7. The van der Waals surface area contributed by atoms with Gasteiger partial charge in [-0.1, -0.05) is 83.6 Å². The third-order valence-corrected chi connectivity index (χ3v) is 4.59. The minimum atomic E-state index is -0.256. The Balaban J connectivity index is 3.30. The lowest BCUT2D eigenvalue weighted by molar-refractivity contribution is -0.120. The van der Waals surface area contributed by atoms with Crippen LogP contribution in [0.2, 0.25) is 0 Å². The molecule has 0 heterocycles. The van der Waals surface area contributed by atoms with E-state index in [2.05, 4.69) is 13.5 Å². The van der Waals surface area contributed by atoms with Crippen LogP contribution in [0.5, 0.6) is 0 Å². The molecule has 0 fully saturated rings. The van der Waals surface area contributed by atoms with Crippen molar-refractivity contribution in [3.63, 3.8) is 0 Å². The van der Waals surface area contributed by atoms with Crippen molar-refractivity contribution in [3.05, 3.63) is 12.7 Å². The van der Waals surface area contributed by atoms with E-state index < -0.39 is 0 Å². The fraction of sp³-hybridized carbons (Fsp3) is 0.850. The number of unbranched alkanes of at least 4 members (excludes halogenated alkanes) is 9. The Morgan fingerprint density at radius 2 is 1.35 bits per heavy atom. The van der Waals surface area contributed by atoms with E-state index in [-0.39, 0.29) is 17.9 Å². The molecule has 3 N–H and O–H groups in total. The topological polar surface area (TPSA) is 63.3 Å². The van der Waals surface area contributed by atoms with Crippen molar-refractivity contribution in [2.45, 2.75) is 103 Å². The maximum atomic E-state index is 11.1. The Labute approximate surface area is 143 Å². The molecule has 0 saturated carbocycles. The van der Waals surface area contributed by atoms with E-state index in [0.717, 1.165) is 38.5 Å². The number of aliphatic hydroxyl groups is 1. The second-order valence-electron chi connectivity index (χ2n) is 6.80. The van der Waals surface area contributed by atoms with E-state index in [9.17, 15) is 9.90 Å². The smallest absolute Gasteiger partial charge is 0.224 e. The van der Waals surface area contributed by atoms with Gasteiger partial charge in [-0.05, 0) is 19.3 Å². The summed E-state index contributed by atoms with van der Waals surface area (Å²) in [5.74, 6) is -0.415. The average Bonchev–Trinajstić information content (AvgIpc) is 2.53. The number of hydrogen-bond acceptors (Lipinski definition) is 2. The van der Waals surface area contributed by atoms with E-state index >= 15 is 0 Å². The molecule has 136 valence electrons. The summed E-state index contributed by atoms with van der Waals surface area (Å²) in [5.41, 5.74) is 5.28. The fourth-order valence-electron chi connectivity index (χ4n) is 2.96. The van der Waals surface area contributed by atoms with Crippen molar-refractivity contribution in [2.75, 3.05) is 0 Å². The minimum Gasteiger partial charge on any atom is -0.393 e. The van der Waals surface area contributed by atoms with Gasteiger partial charge in [-0.15, -0.1) is 6.58 Å². The molecular formula is C20H39NO2. The lowest BCUT2D eigenvalue weighted by Crippen LogP contribution is -2.21. The van der Waals surface area contributed by atoms with Gasteiger partial charge >= 0.3 is 0 Å². The van der Waals surface area contributed by atoms with Crippen LogP contribution in [0.3, 0.4) is 0 Å². The van der Waals surface area contributed by atoms with Crippen LogP contribution in [0.1, 0.15) is 96.8 Å². The number of carbonyl (C=O) groups is 1. The summed E-state index contributed by atoms with van der Waals surface area (Å²) in [6.45, 7) is 5.87. The highest BCUT2D eigenvalue weighted by molar-refractivity contribution is 5.78. The van der Waals surface area contributed by atoms with Crippen LogP contribution >= 0.6 is 0 Å². The van der Waals surface area contributed by atoms with Gasteiger partial charge in [-0.3, -0.25) is 4.79 Å². The SMILES string of the molecule is C=CC(CCCCCCCCCC(O)CCCCCC)C(N)=O. The Morgan fingerprint density at radius 3 is 1.78 bits per heavy atom. The lowest BCUT2D eigenvalue weighted by Gasteiger charge is -2.10. The molecule has 0 aliphatic carbocycles. The number of primary amides is 1. The number of rotatable bonds is 17. The molecule has 0 radical (unpaired) electrons. The van der Waals surface area contributed by atoms with Crippen LogP contribution in [-0.4, -0.2) is 17.1 Å². The van der Waals surface area contributed by atoms with Gasteiger partial charge in [0.05, 0.1) is 12.0 Å². The van der Waals surface area contributed by atoms with E-state index in [0.29, 0.717) is 0 Å². The van der Waals surface area contributed by atoms with Crippen molar-refractivity contribution in [1.29, 1.82) is 0 Å². The standard InChI is InChI=1S/C20H39NO2/c1-3-5-6-13-16-19(22)17-14-11-9-7-8-10-12-15-18(4-2)20(21)23/h4,18-19,22H,2-3,5-17H2,1H3,(H2,21,23). The Morgan fingerprint density at radius 1 is 0.913 bits per heavy atom. The quantitative estimate of drug-likeness (QED) is 0.288. The number of amides is 1. The number of hydrogen-bond donors (Lipinski definition) is 2. The van der Waals surface area contributed by atoms with E-state index in [4.69, 9.17) is 5.73 Å². The van der Waals surface area contributed by atoms with Crippen molar-refractivity contribution >= 4 is 5.91 Å². The largest absolute Gasteiger partial charge is 0.393 e. The van der Waals surface area contributed by atoms with Gasteiger partial charge in [0.2, 0.25) is 5.91 Å². The second-order valence-corrected chi connectivity index (χ2v) is 6.80. The highest BCUT2D eigenvalue weighted by Crippen LogP contribution is 2.15. The average molecular weight is 326 g/mol. The molecule has 3 heteroatoms. The normalized spacial score (nSPS) is 13.7. The van der Waals surface area contributed by atoms with Crippen LogP contribution in [0.4, 0.5) is 0 Å². The Hall–Kier alpha value is -0.830. The maximum absolute atomic E-state index is 11.1. The summed E-state index contributed by atoms with van der Waals surface area (Å²) < 4.78 is 0. The monoisotopic (exact) mass is 325 g/mol. The van der Waals surface area contributed by atoms with E-state index in [1.54, 1.807) is 6.08 Å². The van der Waals surface area contributed by atoms with Gasteiger partial charge in [0.25, 0.3) is 0 Å². The van der Waals surface area contributed by atoms with E-state index in [1.807, 2.05) is 0 Å². The zero-order chi connectivity index (χ0) is 17.3. The summed E-state index contributed by atoms with van der Waals surface area (Å²) in [6, 6.07) is 0. The Kier molecular flexibility index (Phi) is 15.5. The molecule has 0 rings (SSSR count). The molecule has 0 bridgehead atoms. The van der Waals surface area contributed by atoms with Crippen LogP contribution in [0.15, 0.2) is 12.7 Å². The first kappa shape index (κ1) is 22.2. The van der Waals surface area contributed by atoms with Crippen LogP contribution in [0.25, 0.3) is 0 Å². The zero-order valence-electron chi connectivity index (χ0n) is 15.3. The molecule has 2 unspecified atom stereocenters. The molecule has 23 heavy (non-hydrogen) atoms. The molecule has 0 aliphatic rings. The van der Waals surface area contributed by atoms with Crippen molar-refractivity contribution in [1.82, 2.24) is 0 Å². The van der Waals surface area contributed by atoms with Crippen LogP contribution in [-0.2, 0) is 4.79 Å². The molecule has 0 aromatic carbocycles. The molecule has 3 nitrogen and oxygen atoms in total. The first-order valence-electron chi connectivity index (χ1n) is 9.71. The fourth-order valence-corrected chi connectivity index (χ4v) is 2.96. The van der Waals surface area contributed by atoms with E-state index in [1.165, 1.54) is 51.4 Å². The van der Waals surface area contributed by atoms with Crippen molar-refractivity contribution < 1.29 is 9.90 Å². The molecular weight excluding hydrogens is 286 g/mol. The number of aliphatic hydroxyl groups excluding tert-OH is 1. The van der Waals surface area contributed by atoms with Gasteiger partial charge < -0.3 is 10.8 Å². The predicted octanol–water partition coefficient (Wildman–Crippen LogP) is 5.12. The van der Waals surface area contributed by atoms with Gasteiger partial charge in [0, 0.05) is 0 Å². The summed E-state index contributed by atoms with van der Waals surface area (Å²) in [5, 5.41) is 9.90. The molecule has 1 amide bonds. The minimum absolute atomic E-state index is 0.0866. The van der Waals surface area contributed by atoms with Crippen molar-refractivity contribution in [2.24, 2.45) is 11.7 Å². The highest BCUT2D eigenvalue weighted by Gasteiger charge is 2.09. The summed E-state index contributed by atoms with van der Waals surface area (Å²) in [4.78, 5) is 11.1. The molecule has 0 spiro atoms. The first-order chi connectivity index (χ1) is 11.1. The first-order valence-corrected chi connectivity index (χ1v) is 9.71. The van der Waals surface area contributed by atoms with Gasteiger partial charge in [-0.25, -0.2) is 0 Å². The molecule has 0 saturated heterocycles. The third kappa shape index (κ3) is 14.5. The Bertz CT molecular complexity index is 291. The summed E-state index contributed by atoms with van der Waals surface area (Å²) >= 11 is 0. The number of nitrogens with two attached hydrogens (primary N) is 1. The van der Waals surface area contributed by atoms with Gasteiger partial charge in [-0.2, -0.15) is 0 Å². The lowest BCUT2D eigenvalue weighted by atomic mass is 9.99. The summed E-state index contributed by atoms with van der Waals surface area (Å²) in [7, 11) is 0. The second kappa shape index (κ2) is 16.0. The predicted molar refractivity (Wildman–Crippen MR) is 99.2 cm³/mol. The number of carbonyl (C=O) groups excluding carboxylic acids is 1. The zero-order valence-corrected chi connectivity index (χ0v) is 15.3. The maximum Gasteiger partial charge on any atom is 0.224 e.